The van der Waals surface area contributed by atoms with Gasteiger partial charge in [0.05, 0.1) is 18.2 Å². The Kier molecular flexibility index (Phi) is 6.31. The van der Waals surface area contributed by atoms with E-state index >= 15 is 0 Å². The minimum Gasteiger partial charge on any atom is -0.466 e. The van der Waals surface area contributed by atoms with Gasteiger partial charge in [0, 0.05) is 24.2 Å². The van der Waals surface area contributed by atoms with E-state index in [9.17, 15) is 9.59 Å². The Bertz CT molecular complexity index is 833. The van der Waals surface area contributed by atoms with Gasteiger partial charge in [-0.05, 0) is 44.7 Å². The van der Waals surface area contributed by atoms with E-state index in [1.807, 2.05) is 12.1 Å². The highest BCUT2D eigenvalue weighted by atomic mass is 32.1. The van der Waals surface area contributed by atoms with Crippen LogP contribution >= 0.6 is 11.3 Å². The number of nitrogens with zero attached hydrogens (tertiary/aromatic N) is 2. The first-order valence-corrected chi connectivity index (χ1v) is 10.5. The first kappa shape index (κ1) is 19.6. The standard InChI is InChI=1S/C20H27N3O3S/c1-3-5-8-14-9-10-15-16(21)17(27-18(15)22-14)19(24)23-11-6-7-13(12-23)20(25)26-4-2/h9-10,13H,3-8,11-12,21H2,1-2H3. The Hall–Kier alpha value is -2.15. The minimum absolute atomic E-state index is 0.111. The van der Waals surface area contributed by atoms with Gasteiger partial charge in [-0.1, -0.05) is 13.3 Å². The molecule has 146 valence electrons. The summed E-state index contributed by atoms with van der Waals surface area (Å²) in [5.74, 6) is -0.585. The quantitative estimate of drug-likeness (QED) is 0.763. The monoisotopic (exact) mass is 389 g/mol. The maximum Gasteiger partial charge on any atom is 0.310 e. The van der Waals surface area contributed by atoms with E-state index < -0.39 is 0 Å². The zero-order chi connectivity index (χ0) is 19.4. The van der Waals surface area contributed by atoms with Crippen LogP contribution in [0.3, 0.4) is 0 Å². The predicted molar refractivity (Wildman–Crippen MR) is 108 cm³/mol. The number of ether oxygens (including phenoxy) is 1. The molecular formula is C20H27N3O3S. The fourth-order valence-corrected chi connectivity index (χ4v) is 4.53. The summed E-state index contributed by atoms with van der Waals surface area (Å²) < 4.78 is 5.12. The van der Waals surface area contributed by atoms with Gasteiger partial charge in [0.1, 0.15) is 9.71 Å². The number of thiophene rings is 1. The number of amides is 1. The number of carbonyl (C=O) groups is 2. The molecule has 1 saturated heterocycles. The van der Waals surface area contributed by atoms with Crippen LogP contribution in [0.2, 0.25) is 0 Å². The molecule has 2 aromatic rings. The fourth-order valence-electron chi connectivity index (χ4n) is 3.45. The second-order valence-corrected chi connectivity index (χ2v) is 7.95. The highest BCUT2D eigenvalue weighted by Crippen LogP contribution is 2.34. The van der Waals surface area contributed by atoms with Gasteiger partial charge in [-0.15, -0.1) is 11.3 Å². The molecule has 2 aromatic heterocycles. The van der Waals surface area contributed by atoms with Crippen molar-refractivity contribution in [3.8, 4) is 0 Å². The van der Waals surface area contributed by atoms with Crippen molar-refractivity contribution in [1.82, 2.24) is 9.88 Å². The van der Waals surface area contributed by atoms with Gasteiger partial charge in [0.15, 0.2) is 0 Å². The lowest BCUT2D eigenvalue weighted by atomic mass is 9.98. The number of fused-ring (bicyclic) bond motifs is 1. The Morgan fingerprint density at radius 1 is 1.37 bits per heavy atom. The largest absolute Gasteiger partial charge is 0.466 e. The third-order valence-electron chi connectivity index (χ3n) is 4.96. The van der Waals surface area contributed by atoms with Crippen molar-refractivity contribution in [2.45, 2.75) is 46.0 Å². The van der Waals surface area contributed by atoms with Crippen LogP contribution in [0.5, 0.6) is 0 Å². The normalized spacial score (nSPS) is 17.3. The number of hydrogen-bond donors (Lipinski definition) is 1. The van der Waals surface area contributed by atoms with Gasteiger partial charge in [0.25, 0.3) is 5.91 Å². The lowest BCUT2D eigenvalue weighted by Crippen LogP contribution is -2.42. The van der Waals surface area contributed by atoms with E-state index in [0.29, 0.717) is 30.3 Å². The lowest BCUT2D eigenvalue weighted by Gasteiger charge is -2.31. The second kappa shape index (κ2) is 8.69. The molecule has 7 heteroatoms. The first-order chi connectivity index (χ1) is 13.0. The van der Waals surface area contributed by atoms with Crippen molar-refractivity contribution >= 4 is 39.1 Å². The minimum atomic E-state index is -0.253. The van der Waals surface area contributed by atoms with E-state index in [4.69, 9.17) is 10.5 Å². The molecule has 1 atom stereocenters. The molecule has 6 nitrogen and oxygen atoms in total. The summed E-state index contributed by atoms with van der Waals surface area (Å²) in [4.78, 5) is 32.8. The zero-order valence-electron chi connectivity index (χ0n) is 16.0. The van der Waals surface area contributed by atoms with E-state index in [0.717, 1.165) is 48.0 Å². The maximum atomic E-state index is 13.0. The number of esters is 1. The smallest absolute Gasteiger partial charge is 0.310 e. The topological polar surface area (TPSA) is 85.5 Å². The Balaban J connectivity index is 1.80. The van der Waals surface area contributed by atoms with Crippen molar-refractivity contribution in [2.75, 3.05) is 25.4 Å². The van der Waals surface area contributed by atoms with Gasteiger partial charge < -0.3 is 15.4 Å². The average Bonchev–Trinajstić information content (AvgIpc) is 3.02. The molecule has 1 unspecified atom stereocenters. The molecule has 1 amide bonds. The lowest BCUT2D eigenvalue weighted by molar-refractivity contribution is -0.149. The number of unbranched alkanes of at least 4 members (excludes halogenated alkanes) is 1. The van der Waals surface area contributed by atoms with Crippen molar-refractivity contribution in [3.63, 3.8) is 0 Å². The van der Waals surface area contributed by atoms with Crippen LogP contribution in [0.1, 0.15) is 54.9 Å². The maximum absolute atomic E-state index is 13.0. The summed E-state index contributed by atoms with van der Waals surface area (Å²) in [5, 5.41) is 0.836. The van der Waals surface area contributed by atoms with Crippen molar-refractivity contribution < 1.29 is 14.3 Å². The van der Waals surface area contributed by atoms with Crippen LogP contribution in [-0.4, -0.2) is 41.5 Å². The molecule has 0 radical (unpaired) electrons. The molecule has 0 aliphatic carbocycles. The number of nitrogen functional groups attached to an aromatic ring is 1. The average molecular weight is 390 g/mol. The van der Waals surface area contributed by atoms with E-state index in [-0.39, 0.29) is 17.8 Å². The molecule has 0 bridgehead atoms. The molecule has 2 N–H and O–H groups in total. The molecule has 27 heavy (non-hydrogen) atoms. The SMILES string of the molecule is CCCCc1ccc2c(N)c(C(=O)N3CCCC(C(=O)OCC)C3)sc2n1. The molecule has 3 rings (SSSR count). The number of hydrogen-bond acceptors (Lipinski definition) is 6. The van der Waals surface area contributed by atoms with Crippen LogP contribution in [0.25, 0.3) is 10.2 Å². The van der Waals surface area contributed by atoms with Gasteiger partial charge in [-0.2, -0.15) is 0 Å². The van der Waals surface area contributed by atoms with Crippen LogP contribution in [-0.2, 0) is 16.0 Å². The highest BCUT2D eigenvalue weighted by Gasteiger charge is 2.31. The fraction of sp³-hybridized carbons (Fsp3) is 0.550. The first-order valence-electron chi connectivity index (χ1n) is 9.68. The number of aromatic nitrogens is 1. The number of aryl methyl sites for hydroxylation is 1. The molecular weight excluding hydrogens is 362 g/mol. The molecule has 3 heterocycles. The number of pyridine rings is 1. The molecule has 0 spiro atoms. The molecule has 1 fully saturated rings. The predicted octanol–water partition coefficient (Wildman–Crippen LogP) is 3.64. The third-order valence-corrected chi connectivity index (χ3v) is 6.06. The van der Waals surface area contributed by atoms with Gasteiger partial charge in [-0.25, -0.2) is 4.98 Å². The summed E-state index contributed by atoms with van der Waals surface area (Å²) in [5.41, 5.74) is 7.80. The number of anilines is 1. The zero-order valence-corrected chi connectivity index (χ0v) is 16.8. The van der Waals surface area contributed by atoms with Crippen molar-refractivity contribution in [1.29, 1.82) is 0 Å². The second-order valence-electron chi connectivity index (χ2n) is 6.95. The molecule has 1 aliphatic heterocycles. The molecule has 1 aliphatic rings. The Morgan fingerprint density at radius 3 is 2.93 bits per heavy atom. The number of nitrogens with two attached hydrogens (primary N) is 1. The molecule has 0 saturated carbocycles. The highest BCUT2D eigenvalue weighted by molar-refractivity contribution is 7.21. The number of carbonyl (C=O) groups excluding carboxylic acids is 2. The van der Waals surface area contributed by atoms with Crippen molar-refractivity contribution in [3.05, 3.63) is 22.7 Å². The third kappa shape index (κ3) is 4.24. The summed E-state index contributed by atoms with van der Waals surface area (Å²) in [6.07, 6.45) is 4.69. The van der Waals surface area contributed by atoms with Crippen molar-refractivity contribution in [2.24, 2.45) is 5.92 Å². The summed E-state index contributed by atoms with van der Waals surface area (Å²) in [7, 11) is 0. The molecule has 0 aromatic carbocycles. The van der Waals surface area contributed by atoms with Crippen LogP contribution < -0.4 is 5.73 Å². The summed E-state index contributed by atoms with van der Waals surface area (Å²) in [6, 6.07) is 3.96. The van der Waals surface area contributed by atoms with E-state index in [1.165, 1.54) is 11.3 Å². The van der Waals surface area contributed by atoms with E-state index in [2.05, 4.69) is 11.9 Å². The van der Waals surface area contributed by atoms with Gasteiger partial charge in [0.2, 0.25) is 0 Å². The van der Waals surface area contributed by atoms with Gasteiger partial charge in [-0.3, -0.25) is 9.59 Å². The summed E-state index contributed by atoms with van der Waals surface area (Å²) in [6.45, 7) is 5.33. The van der Waals surface area contributed by atoms with Crippen LogP contribution in [0.15, 0.2) is 12.1 Å². The van der Waals surface area contributed by atoms with E-state index in [1.54, 1.807) is 11.8 Å². The van der Waals surface area contributed by atoms with Crippen LogP contribution in [0.4, 0.5) is 5.69 Å². The summed E-state index contributed by atoms with van der Waals surface area (Å²) >= 11 is 1.35. The number of piperidine rings is 1. The Labute approximate surface area is 163 Å². The van der Waals surface area contributed by atoms with Gasteiger partial charge >= 0.3 is 5.97 Å². The Morgan fingerprint density at radius 2 is 2.19 bits per heavy atom. The number of rotatable bonds is 6. The van der Waals surface area contributed by atoms with Crippen LogP contribution in [0, 0.1) is 5.92 Å². The number of likely N-dealkylation sites (tertiary alicyclic amines) is 1.